The average molecular weight is 407 g/mol. The normalized spacial score (nSPS) is 11.0. The molecule has 0 spiro atoms. The summed E-state index contributed by atoms with van der Waals surface area (Å²) in [5, 5.41) is 19.4. The molecule has 1 amide bonds. The van der Waals surface area contributed by atoms with E-state index in [1.54, 1.807) is 24.3 Å². The predicted molar refractivity (Wildman–Crippen MR) is 108 cm³/mol. The van der Waals surface area contributed by atoms with Crippen LogP contribution in [0.2, 0.25) is 0 Å². The fraction of sp³-hybridized carbons (Fsp3) is 0.100. The van der Waals surface area contributed by atoms with E-state index in [2.05, 4.69) is 15.0 Å². The van der Waals surface area contributed by atoms with Gasteiger partial charge in [-0.1, -0.05) is 12.1 Å². The standard InChI is InChI=1S/C20H17N5O5/c1-2-30-14-6-4-3-5-11(14)25-19-16(23-20(25)29)15(17(21)28)22-18(24-19)10-7-8-12(26)13(27)9-10/h3-9,26-27H,2H2,1H3,(H2,21,28)(H,23,29). The smallest absolute Gasteiger partial charge is 0.332 e. The maximum absolute atomic E-state index is 12.8. The van der Waals surface area contributed by atoms with Crippen LogP contribution in [0.25, 0.3) is 28.2 Å². The number of hydrogen-bond donors (Lipinski definition) is 4. The van der Waals surface area contributed by atoms with Crippen LogP contribution in [0.1, 0.15) is 17.4 Å². The van der Waals surface area contributed by atoms with Gasteiger partial charge in [0, 0.05) is 5.56 Å². The Morgan fingerprint density at radius 2 is 1.93 bits per heavy atom. The van der Waals surface area contributed by atoms with Crippen LogP contribution in [0.4, 0.5) is 0 Å². The molecular formula is C20H17N5O5. The second kappa shape index (κ2) is 7.24. The first kappa shape index (κ1) is 19.0. The lowest BCUT2D eigenvalue weighted by molar-refractivity contribution is 0.0997. The highest BCUT2D eigenvalue weighted by Gasteiger charge is 2.22. The molecule has 4 rings (SSSR count). The molecule has 0 fully saturated rings. The Labute approximate surface area is 169 Å². The number of nitrogens with zero attached hydrogens (tertiary/aromatic N) is 3. The number of phenols is 2. The molecule has 0 atom stereocenters. The summed E-state index contributed by atoms with van der Waals surface area (Å²) in [6, 6.07) is 10.9. The SMILES string of the molecule is CCOc1ccccc1-n1c(=O)[nH]c2c(C(N)=O)nc(-c3ccc(O)c(O)c3)nc21. The summed E-state index contributed by atoms with van der Waals surface area (Å²) in [7, 11) is 0. The van der Waals surface area contributed by atoms with Gasteiger partial charge >= 0.3 is 5.69 Å². The first-order chi connectivity index (χ1) is 14.4. The van der Waals surface area contributed by atoms with Crippen molar-refractivity contribution >= 4 is 17.1 Å². The van der Waals surface area contributed by atoms with Crippen LogP contribution in [-0.4, -0.2) is 42.2 Å². The largest absolute Gasteiger partial charge is 0.504 e. The number of carbonyl (C=O) groups is 1. The van der Waals surface area contributed by atoms with Crippen LogP contribution in [0.5, 0.6) is 17.2 Å². The van der Waals surface area contributed by atoms with Crippen LogP contribution in [-0.2, 0) is 0 Å². The Kier molecular flexibility index (Phi) is 4.59. The van der Waals surface area contributed by atoms with Gasteiger partial charge in [-0.2, -0.15) is 0 Å². The lowest BCUT2D eigenvalue weighted by Gasteiger charge is -2.11. The summed E-state index contributed by atoms with van der Waals surface area (Å²) in [5.74, 6) is -1.08. The third-order valence-electron chi connectivity index (χ3n) is 4.41. The van der Waals surface area contributed by atoms with Gasteiger partial charge in [0.25, 0.3) is 5.91 Å². The minimum Gasteiger partial charge on any atom is -0.504 e. The van der Waals surface area contributed by atoms with E-state index in [0.29, 0.717) is 23.6 Å². The molecule has 2 heterocycles. The van der Waals surface area contributed by atoms with Gasteiger partial charge in [0.05, 0.1) is 12.3 Å². The predicted octanol–water partition coefficient (Wildman–Crippen LogP) is 1.68. The van der Waals surface area contributed by atoms with E-state index in [1.807, 2.05) is 6.92 Å². The zero-order valence-corrected chi connectivity index (χ0v) is 15.8. The average Bonchev–Trinajstić information content (AvgIpc) is 3.05. The number of aromatic hydroxyl groups is 2. The molecule has 0 saturated heterocycles. The quantitative estimate of drug-likeness (QED) is 0.367. The molecule has 10 nitrogen and oxygen atoms in total. The van der Waals surface area contributed by atoms with Gasteiger partial charge in [0.15, 0.2) is 28.7 Å². The number of para-hydroxylation sites is 2. The summed E-state index contributed by atoms with van der Waals surface area (Å²) in [5.41, 5.74) is 5.66. The van der Waals surface area contributed by atoms with Crippen molar-refractivity contribution in [1.82, 2.24) is 19.5 Å². The number of rotatable bonds is 5. The van der Waals surface area contributed by atoms with E-state index >= 15 is 0 Å². The summed E-state index contributed by atoms with van der Waals surface area (Å²) in [6.45, 7) is 2.20. The number of carbonyl (C=O) groups excluding carboxylic acids is 1. The van der Waals surface area contributed by atoms with Crippen molar-refractivity contribution in [2.75, 3.05) is 6.61 Å². The summed E-state index contributed by atoms with van der Waals surface area (Å²) < 4.78 is 6.88. The highest BCUT2D eigenvalue weighted by atomic mass is 16.5. The number of amides is 1. The molecule has 0 radical (unpaired) electrons. The Hall–Kier alpha value is -4.34. The summed E-state index contributed by atoms with van der Waals surface area (Å²) >= 11 is 0. The molecule has 0 aliphatic carbocycles. The first-order valence-electron chi connectivity index (χ1n) is 8.97. The number of fused-ring (bicyclic) bond motifs is 1. The number of aromatic nitrogens is 4. The third kappa shape index (κ3) is 3.09. The number of nitrogens with two attached hydrogens (primary N) is 1. The van der Waals surface area contributed by atoms with Crippen molar-refractivity contribution in [2.24, 2.45) is 5.73 Å². The zero-order valence-electron chi connectivity index (χ0n) is 15.8. The highest BCUT2D eigenvalue weighted by molar-refractivity contribution is 6.02. The molecule has 0 aliphatic heterocycles. The second-order valence-electron chi connectivity index (χ2n) is 6.33. The van der Waals surface area contributed by atoms with Crippen LogP contribution in [0.15, 0.2) is 47.3 Å². The van der Waals surface area contributed by atoms with E-state index in [-0.39, 0.29) is 34.2 Å². The number of benzene rings is 2. The zero-order chi connectivity index (χ0) is 21.4. The van der Waals surface area contributed by atoms with Crippen molar-refractivity contribution in [1.29, 1.82) is 0 Å². The Bertz CT molecular complexity index is 1340. The molecular weight excluding hydrogens is 390 g/mol. The van der Waals surface area contributed by atoms with E-state index in [4.69, 9.17) is 10.5 Å². The number of primary amides is 1. The molecule has 30 heavy (non-hydrogen) atoms. The lowest BCUT2D eigenvalue weighted by Crippen LogP contribution is -2.16. The van der Waals surface area contributed by atoms with Crippen molar-refractivity contribution in [3.05, 3.63) is 58.6 Å². The molecule has 0 unspecified atom stereocenters. The molecule has 0 bridgehead atoms. The van der Waals surface area contributed by atoms with Gasteiger partial charge in [-0.3, -0.25) is 4.79 Å². The first-order valence-corrected chi connectivity index (χ1v) is 8.97. The number of aromatic amines is 1. The fourth-order valence-corrected chi connectivity index (χ4v) is 3.10. The van der Waals surface area contributed by atoms with Gasteiger partial charge in [-0.25, -0.2) is 19.3 Å². The molecule has 10 heteroatoms. The second-order valence-corrected chi connectivity index (χ2v) is 6.33. The summed E-state index contributed by atoms with van der Waals surface area (Å²) in [6.07, 6.45) is 0. The fourth-order valence-electron chi connectivity index (χ4n) is 3.10. The van der Waals surface area contributed by atoms with Crippen molar-refractivity contribution < 1.29 is 19.7 Å². The van der Waals surface area contributed by atoms with Crippen LogP contribution < -0.4 is 16.2 Å². The highest BCUT2D eigenvalue weighted by Crippen LogP contribution is 2.31. The lowest BCUT2D eigenvalue weighted by atomic mass is 10.2. The molecule has 2 aromatic heterocycles. The van der Waals surface area contributed by atoms with Crippen LogP contribution in [0.3, 0.4) is 0 Å². The number of nitrogens with one attached hydrogen (secondary N) is 1. The summed E-state index contributed by atoms with van der Waals surface area (Å²) in [4.78, 5) is 36.0. The number of ether oxygens (including phenoxy) is 1. The monoisotopic (exact) mass is 407 g/mol. The Balaban J connectivity index is 2.05. The number of H-pyrrole nitrogens is 1. The van der Waals surface area contributed by atoms with E-state index in [0.717, 1.165) is 0 Å². The Morgan fingerprint density at radius 1 is 1.17 bits per heavy atom. The van der Waals surface area contributed by atoms with Crippen LogP contribution >= 0.6 is 0 Å². The third-order valence-corrected chi connectivity index (χ3v) is 4.41. The van der Waals surface area contributed by atoms with E-state index < -0.39 is 11.6 Å². The van der Waals surface area contributed by atoms with E-state index in [1.165, 1.54) is 22.8 Å². The number of imidazole rings is 1. The maximum Gasteiger partial charge on any atom is 0.332 e. The molecule has 0 aliphatic rings. The molecule has 152 valence electrons. The van der Waals surface area contributed by atoms with Crippen LogP contribution in [0, 0.1) is 0 Å². The number of phenolic OH excluding ortho intramolecular Hbond substituents is 2. The van der Waals surface area contributed by atoms with Gasteiger partial charge in [0.1, 0.15) is 11.3 Å². The van der Waals surface area contributed by atoms with Crippen molar-refractivity contribution in [3.8, 4) is 34.3 Å². The molecule has 0 saturated carbocycles. The number of hydrogen-bond acceptors (Lipinski definition) is 7. The van der Waals surface area contributed by atoms with Crippen molar-refractivity contribution in [2.45, 2.75) is 6.92 Å². The van der Waals surface area contributed by atoms with Gasteiger partial charge in [-0.05, 0) is 37.3 Å². The van der Waals surface area contributed by atoms with Gasteiger partial charge < -0.3 is 25.7 Å². The molecule has 5 N–H and O–H groups in total. The Morgan fingerprint density at radius 3 is 2.63 bits per heavy atom. The maximum atomic E-state index is 12.8. The van der Waals surface area contributed by atoms with E-state index in [9.17, 15) is 19.8 Å². The van der Waals surface area contributed by atoms with Gasteiger partial charge in [-0.15, -0.1) is 0 Å². The minimum absolute atomic E-state index is 0.0354. The topological polar surface area (TPSA) is 156 Å². The van der Waals surface area contributed by atoms with Crippen molar-refractivity contribution in [3.63, 3.8) is 0 Å². The molecule has 2 aromatic carbocycles. The molecule has 4 aromatic rings. The van der Waals surface area contributed by atoms with Gasteiger partial charge in [0.2, 0.25) is 0 Å². The minimum atomic E-state index is -0.863.